The maximum absolute atomic E-state index is 11.1. The van der Waals surface area contributed by atoms with Gasteiger partial charge in [0.1, 0.15) is 5.69 Å². The molecule has 0 atom stereocenters. The molecule has 0 saturated heterocycles. The van der Waals surface area contributed by atoms with E-state index in [0.29, 0.717) is 0 Å². The van der Waals surface area contributed by atoms with Crippen molar-refractivity contribution in [3.05, 3.63) is 21.1 Å². The van der Waals surface area contributed by atoms with Gasteiger partial charge in [-0.2, -0.15) is 4.98 Å². The summed E-state index contributed by atoms with van der Waals surface area (Å²) in [5.74, 6) is -0.402. The van der Waals surface area contributed by atoms with Gasteiger partial charge in [0.15, 0.2) is 0 Å². The van der Waals surface area contributed by atoms with Gasteiger partial charge in [-0.05, 0) is 25.4 Å². The Hall–Kier alpha value is -1.96. The minimum Gasteiger partial charge on any atom is -0.466 e. The SMILES string of the molecule is CCOC(=O)CCNc1nc(Cl)nc(C)c1[N+](=O)[O-]. The number of nitrogens with one attached hydrogen (secondary N) is 1. The smallest absolute Gasteiger partial charge is 0.332 e. The number of halogens is 1. The predicted molar refractivity (Wildman–Crippen MR) is 68.2 cm³/mol. The van der Waals surface area contributed by atoms with Crippen LogP contribution < -0.4 is 5.32 Å². The zero-order chi connectivity index (χ0) is 14.4. The minimum absolute atomic E-state index is 0.00759. The third-order valence-electron chi connectivity index (χ3n) is 2.14. The Bertz CT molecular complexity index is 495. The molecule has 0 aliphatic carbocycles. The molecule has 8 nitrogen and oxygen atoms in total. The first-order valence-electron chi connectivity index (χ1n) is 5.53. The third-order valence-corrected chi connectivity index (χ3v) is 2.31. The molecule has 1 aromatic heterocycles. The van der Waals surface area contributed by atoms with Crippen LogP contribution in [0.25, 0.3) is 0 Å². The molecule has 1 N–H and O–H groups in total. The molecule has 0 aromatic carbocycles. The van der Waals surface area contributed by atoms with E-state index < -0.39 is 10.9 Å². The second-order valence-electron chi connectivity index (χ2n) is 3.51. The van der Waals surface area contributed by atoms with E-state index in [2.05, 4.69) is 15.3 Å². The van der Waals surface area contributed by atoms with Crippen molar-refractivity contribution in [3.63, 3.8) is 0 Å². The fraction of sp³-hybridized carbons (Fsp3) is 0.500. The molecule has 0 bridgehead atoms. The van der Waals surface area contributed by atoms with Crippen LogP contribution in [0.2, 0.25) is 5.28 Å². The number of carbonyl (C=O) groups excluding carboxylic acids is 1. The number of carbonyl (C=O) groups is 1. The van der Waals surface area contributed by atoms with Crippen LogP contribution in [0, 0.1) is 17.0 Å². The number of esters is 1. The summed E-state index contributed by atoms with van der Waals surface area (Å²) in [4.78, 5) is 28.9. The summed E-state index contributed by atoms with van der Waals surface area (Å²) in [5.41, 5.74) is -0.100. The molecule has 1 aromatic rings. The van der Waals surface area contributed by atoms with E-state index in [1.54, 1.807) is 6.92 Å². The van der Waals surface area contributed by atoms with E-state index in [1.165, 1.54) is 6.92 Å². The molecule has 0 aliphatic heterocycles. The van der Waals surface area contributed by atoms with Crippen LogP contribution in [0.4, 0.5) is 11.5 Å². The van der Waals surface area contributed by atoms with Crippen LogP contribution >= 0.6 is 11.6 Å². The Morgan fingerprint density at radius 2 is 2.21 bits per heavy atom. The molecule has 104 valence electrons. The molecule has 0 fully saturated rings. The standard InChI is InChI=1S/C10H13ClN4O4/c1-3-19-7(16)4-5-12-9-8(15(17)18)6(2)13-10(11)14-9/h3-5H2,1-2H3,(H,12,13,14). The number of aryl methyl sites for hydroxylation is 1. The average molecular weight is 289 g/mol. The van der Waals surface area contributed by atoms with Gasteiger partial charge < -0.3 is 10.1 Å². The Morgan fingerprint density at radius 1 is 1.53 bits per heavy atom. The number of nitrogens with zero attached hydrogens (tertiary/aromatic N) is 3. The maximum atomic E-state index is 11.1. The summed E-state index contributed by atoms with van der Waals surface area (Å²) >= 11 is 5.64. The van der Waals surface area contributed by atoms with Crippen molar-refractivity contribution in [3.8, 4) is 0 Å². The molecule has 0 unspecified atom stereocenters. The number of ether oxygens (including phenoxy) is 1. The lowest BCUT2D eigenvalue weighted by Crippen LogP contribution is -2.13. The van der Waals surface area contributed by atoms with E-state index >= 15 is 0 Å². The highest BCUT2D eigenvalue weighted by Gasteiger charge is 2.21. The number of aromatic nitrogens is 2. The van der Waals surface area contributed by atoms with Crippen molar-refractivity contribution in [2.75, 3.05) is 18.5 Å². The second-order valence-corrected chi connectivity index (χ2v) is 3.85. The molecule has 1 rings (SSSR count). The molecular formula is C10H13ClN4O4. The molecule has 9 heteroatoms. The van der Waals surface area contributed by atoms with Crippen molar-refractivity contribution in [1.29, 1.82) is 0 Å². The quantitative estimate of drug-likeness (QED) is 0.367. The fourth-order valence-electron chi connectivity index (χ4n) is 1.39. The number of nitro groups is 1. The van der Waals surface area contributed by atoms with E-state index in [-0.39, 0.29) is 42.1 Å². The maximum Gasteiger partial charge on any atom is 0.332 e. The topological polar surface area (TPSA) is 107 Å². The molecule has 0 amide bonds. The van der Waals surface area contributed by atoms with Gasteiger partial charge in [-0.3, -0.25) is 14.9 Å². The third kappa shape index (κ3) is 4.32. The summed E-state index contributed by atoms with van der Waals surface area (Å²) in [6.45, 7) is 3.61. The normalized spacial score (nSPS) is 10.1. The summed E-state index contributed by atoms with van der Waals surface area (Å²) in [6, 6.07) is 0. The number of hydrogen-bond donors (Lipinski definition) is 1. The van der Waals surface area contributed by atoms with E-state index in [1.807, 2.05) is 0 Å². The molecule has 0 saturated carbocycles. The minimum atomic E-state index is -0.599. The van der Waals surface area contributed by atoms with E-state index in [4.69, 9.17) is 16.3 Å². The average Bonchev–Trinajstić information content (AvgIpc) is 2.27. The van der Waals surface area contributed by atoms with Gasteiger partial charge in [0.25, 0.3) is 0 Å². The Morgan fingerprint density at radius 3 is 2.79 bits per heavy atom. The van der Waals surface area contributed by atoms with Crippen molar-refractivity contribution in [1.82, 2.24) is 9.97 Å². The van der Waals surface area contributed by atoms with Crippen molar-refractivity contribution in [2.24, 2.45) is 0 Å². The molecule has 0 radical (unpaired) electrons. The molecule has 0 aliphatic rings. The molecular weight excluding hydrogens is 276 g/mol. The first kappa shape index (κ1) is 15.1. The van der Waals surface area contributed by atoms with E-state index in [9.17, 15) is 14.9 Å². The highest BCUT2D eigenvalue weighted by molar-refractivity contribution is 6.28. The number of anilines is 1. The first-order valence-corrected chi connectivity index (χ1v) is 5.91. The predicted octanol–water partition coefficient (Wildman–Crippen LogP) is 1.71. The van der Waals surface area contributed by atoms with Crippen LogP contribution in [-0.4, -0.2) is 34.0 Å². The number of hydrogen-bond acceptors (Lipinski definition) is 7. The molecule has 1 heterocycles. The Kier molecular flexibility index (Phi) is 5.43. The van der Waals surface area contributed by atoms with Gasteiger partial charge in [-0.25, -0.2) is 4.98 Å². The summed E-state index contributed by atoms with van der Waals surface area (Å²) < 4.78 is 4.73. The van der Waals surface area contributed by atoms with Gasteiger partial charge in [-0.1, -0.05) is 0 Å². The monoisotopic (exact) mass is 288 g/mol. The summed E-state index contributed by atoms with van der Waals surface area (Å²) in [7, 11) is 0. The number of rotatable bonds is 6. The van der Waals surface area contributed by atoms with Crippen molar-refractivity contribution >= 4 is 29.1 Å². The van der Waals surface area contributed by atoms with Crippen LogP contribution in [-0.2, 0) is 9.53 Å². The van der Waals surface area contributed by atoms with Crippen LogP contribution in [0.3, 0.4) is 0 Å². The van der Waals surface area contributed by atoms with Crippen LogP contribution in [0.1, 0.15) is 19.0 Å². The first-order chi connectivity index (χ1) is 8.95. The lowest BCUT2D eigenvalue weighted by molar-refractivity contribution is -0.385. The van der Waals surface area contributed by atoms with Crippen LogP contribution in [0.5, 0.6) is 0 Å². The summed E-state index contributed by atoms with van der Waals surface area (Å²) in [5, 5.41) is 13.5. The fourth-order valence-corrected chi connectivity index (χ4v) is 1.60. The second kappa shape index (κ2) is 6.83. The van der Waals surface area contributed by atoms with Gasteiger partial charge in [0.2, 0.25) is 11.1 Å². The molecule has 0 spiro atoms. The highest BCUT2D eigenvalue weighted by Crippen LogP contribution is 2.26. The van der Waals surface area contributed by atoms with Gasteiger partial charge >= 0.3 is 11.7 Å². The largest absolute Gasteiger partial charge is 0.466 e. The van der Waals surface area contributed by atoms with Crippen molar-refractivity contribution < 1.29 is 14.5 Å². The Balaban J connectivity index is 2.77. The van der Waals surface area contributed by atoms with E-state index in [0.717, 1.165) is 0 Å². The zero-order valence-electron chi connectivity index (χ0n) is 10.5. The van der Waals surface area contributed by atoms with Crippen LogP contribution in [0.15, 0.2) is 0 Å². The zero-order valence-corrected chi connectivity index (χ0v) is 11.2. The Labute approximate surface area is 114 Å². The van der Waals surface area contributed by atoms with Gasteiger partial charge in [-0.15, -0.1) is 0 Å². The van der Waals surface area contributed by atoms with Gasteiger partial charge in [0, 0.05) is 6.54 Å². The van der Waals surface area contributed by atoms with Gasteiger partial charge in [0.05, 0.1) is 18.0 Å². The lowest BCUT2D eigenvalue weighted by Gasteiger charge is -2.07. The van der Waals surface area contributed by atoms with Crippen molar-refractivity contribution in [2.45, 2.75) is 20.3 Å². The molecule has 19 heavy (non-hydrogen) atoms. The lowest BCUT2D eigenvalue weighted by atomic mass is 10.3. The highest BCUT2D eigenvalue weighted by atomic mass is 35.5. The summed E-state index contributed by atoms with van der Waals surface area (Å²) in [6.07, 6.45) is 0.0751.